The van der Waals surface area contributed by atoms with Gasteiger partial charge in [-0.1, -0.05) is 52.0 Å². The number of carbonyl (C=O) groups is 2. The summed E-state index contributed by atoms with van der Waals surface area (Å²) >= 11 is 0. The fourth-order valence-electron chi connectivity index (χ4n) is 3.09. The minimum atomic E-state index is -0.951. The standard InChI is InChI=1S/C23H28N2O2/c1-15(2)17-5-9-19(10-6-17)24-21(26)23(13-14-23)22(27)25-20-11-7-18(8-12-20)16(3)4/h5-12,15-16H,13-14H2,1-4H3,(H,24,26)(H,25,27). The van der Waals surface area contributed by atoms with E-state index in [1.807, 2.05) is 48.5 Å². The molecule has 2 amide bonds. The number of hydrogen-bond acceptors (Lipinski definition) is 2. The Morgan fingerprint density at radius 1 is 0.704 bits per heavy atom. The van der Waals surface area contributed by atoms with Crippen LogP contribution in [0.25, 0.3) is 0 Å². The van der Waals surface area contributed by atoms with Crippen LogP contribution in [0.5, 0.6) is 0 Å². The molecule has 3 rings (SSSR count). The van der Waals surface area contributed by atoms with Gasteiger partial charge in [-0.2, -0.15) is 0 Å². The van der Waals surface area contributed by atoms with E-state index in [1.54, 1.807) is 0 Å². The molecule has 1 aliphatic rings. The molecule has 0 atom stereocenters. The molecule has 0 saturated heterocycles. The Morgan fingerprint density at radius 3 is 1.30 bits per heavy atom. The first kappa shape index (κ1) is 19.2. The smallest absolute Gasteiger partial charge is 0.240 e. The number of anilines is 2. The zero-order valence-electron chi connectivity index (χ0n) is 16.5. The van der Waals surface area contributed by atoms with Crippen molar-refractivity contribution in [2.75, 3.05) is 10.6 Å². The maximum Gasteiger partial charge on any atom is 0.240 e. The van der Waals surface area contributed by atoms with Crippen molar-refractivity contribution in [1.29, 1.82) is 0 Å². The molecule has 142 valence electrons. The first-order chi connectivity index (χ1) is 12.8. The Balaban J connectivity index is 1.64. The van der Waals surface area contributed by atoms with Crippen molar-refractivity contribution in [2.24, 2.45) is 5.41 Å². The zero-order chi connectivity index (χ0) is 19.6. The molecule has 4 nitrogen and oxygen atoms in total. The lowest BCUT2D eigenvalue weighted by Crippen LogP contribution is -2.35. The molecule has 0 aromatic heterocycles. The lowest BCUT2D eigenvalue weighted by Gasteiger charge is -2.16. The molecule has 1 saturated carbocycles. The predicted octanol–water partition coefficient (Wildman–Crippen LogP) is 5.29. The molecule has 0 aliphatic heterocycles. The lowest BCUT2D eigenvalue weighted by molar-refractivity contribution is -0.131. The second kappa shape index (κ2) is 7.55. The minimum Gasteiger partial charge on any atom is -0.325 e. The highest BCUT2D eigenvalue weighted by Gasteiger charge is 2.56. The van der Waals surface area contributed by atoms with Crippen molar-refractivity contribution in [3.63, 3.8) is 0 Å². The third-order valence-corrected chi connectivity index (χ3v) is 5.29. The number of carbonyl (C=O) groups excluding carboxylic acids is 2. The average Bonchev–Trinajstić information content (AvgIpc) is 3.44. The number of rotatable bonds is 6. The molecule has 1 aliphatic carbocycles. The monoisotopic (exact) mass is 364 g/mol. The molecular weight excluding hydrogens is 336 g/mol. The summed E-state index contributed by atoms with van der Waals surface area (Å²) in [4.78, 5) is 25.4. The van der Waals surface area contributed by atoms with E-state index < -0.39 is 5.41 Å². The van der Waals surface area contributed by atoms with Crippen molar-refractivity contribution in [1.82, 2.24) is 0 Å². The molecule has 0 heterocycles. The lowest BCUT2D eigenvalue weighted by atomic mass is 10.0. The molecule has 1 fully saturated rings. The molecule has 0 spiro atoms. The summed E-state index contributed by atoms with van der Waals surface area (Å²) in [7, 11) is 0. The maximum absolute atomic E-state index is 12.7. The van der Waals surface area contributed by atoms with Crippen LogP contribution in [-0.4, -0.2) is 11.8 Å². The Hall–Kier alpha value is -2.62. The number of nitrogens with one attached hydrogen (secondary N) is 2. The molecule has 0 radical (unpaired) electrons. The molecule has 2 aromatic carbocycles. The van der Waals surface area contributed by atoms with E-state index in [0.717, 1.165) is 11.4 Å². The topological polar surface area (TPSA) is 58.2 Å². The zero-order valence-corrected chi connectivity index (χ0v) is 16.5. The third kappa shape index (κ3) is 4.21. The Morgan fingerprint density at radius 2 is 1.04 bits per heavy atom. The number of hydrogen-bond donors (Lipinski definition) is 2. The minimum absolute atomic E-state index is 0.226. The van der Waals surface area contributed by atoms with Gasteiger partial charge in [-0.25, -0.2) is 0 Å². The largest absolute Gasteiger partial charge is 0.325 e. The summed E-state index contributed by atoms with van der Waals surface area (Å²) in [5.74, 6) is 0.432. The van der Waals surface area contributed by atoms with Crippen LogP contribution in [0.3, 0.4) is 0 Å². The Kier molecular flexibility index (Phi) is 5.36. The van der Waals surface area contributed by atoms with Gasteiger partial charge in [0.2, 0.25) is 11.8 Å². The second-order valence-corrected chi connectivity index (χ2v) is 8.04. The Labute approximate surface area is 161 Å². The van der Waals surface area contributed by atoms with Crippen LogP contribution in [0.2, 0.25) is 0 Å². The van der Waals surface area contributed by atoms with Crippen molar-refractivity contribution >= 4 is 23.2 Å². The van der Waals surface area contributed by atoms with Gasteiger partial charge in [0.15, 0.2) is 0 Å². The SMILES string of the molecule is CC(C)c1ccc(NC(=O)C2(C(=O)Nc3ccc(C(C)C)cc3)CC2)cc1. The van der Waals surface area contributed by atoms with Gasteiger partial charge >= 0.3 is 0 Å². The van der Waals surface area contributed by atoms with Crippen molar-refractivity contribution < 1.29 is 9.59 Å². The summed E-state index contributed by atoms with van der Waals surface area (Å²) in [6, 6.07) is 15.6. The van der Waals surface area contributed by atoms with E-state index in [4.69, 9.17) is 0 Å². The van der Waals surface area contributed by atoms with Crippen LogP contribution in [0.4, 0.5) is 11.4 Å². The van der Waals surface area contributed by atoms with Crippen LogP contribution in [-0.2, 0) is 9.59 Å². The fraction of sp³-hybridized carbons (Fsp3) is 0.391. The van der Waals surface area contributed by atoms with Crippen LogP contribution >= 0.6 is 0 Å². The van der Waals surface area contributed by atoms with E-state index in [9.17, 15) is 9.59 Å². The van der Waals surface area contributed by atoms with Crippen LogP contribution in [0, 0.1) is 5.41 Å². The van der Waals surface area contributed by atoms with Gasteiger partial charge in [0, 0.05) is 11.4 Å². The number of benzene rings is 2. The molecule has 0 unspecified atom stereocenters. The summed E-state index contributed by atoms with van der Waals surface area (Å²) in [6.45, 7) is 8.52. The predicted molar refractivity (Wildman–Crippen MR) is 110 cm³/mol. The van der Waals surface area contributed by atoms with Crippen molar-refractivity contribution in [2.45, 2.75) is 52.4 Å². The number of amides is 2. The van der Waals surface area contributed by atoms with E-state index in [2.05, 4.69) is 38.3 Å². The summed E-state index contributed by atoms with van der Waals surface area (Å²) in [5.41, 5.74) is 2.94. The Bertz CT molecular complexity index is 749. The molecular formula is C23H28N2O2. The van der Waals surface area contributed by atoms with Gasteiger partial charge in [0.05, 0.1) is 0 Å². The van der Waals surface area contributed by atoms with E-state index in [-0.39, 0.29) is 11.8 Å². The van der Waals surface area contributed by atoms with Crippen LogP contribution < -0.4 is 10.6 Å². The van der Waals surface area contributed by atoms with Gasteiger partial charge in [-0.05, 0) is 60.1 Å². The highest BCUT2D eigenvalue weighted by atomic mass is 16.2. The highest BCUT2D eigenvalue weighted by Crippen LogP contribution is 2.47. The van der Waals surface area contributed by atoms with Gasteiger partial charge in [-0.3, -0.25) is 9.59 Å². The van der Waals surface area contributed by atoms with Crippen LogP contribution in [0.1, 0.15) is 63.5 Å². The molecule has 27 heavy (non-hydrogen) atoms. The van der Waals surface area contributed by atoms with Crippen LogP contribution in [0.15, 0.2) is 48.5 Å². The van der Waals surface area contributed by atoms with E-state index in [1.165, 1.54) is 11.1 Å². The molecule has 4 heteroatoms. The van der Waals surface area contributed by atoms with Crippen molar-refractivity contribution in [3.8, 4) is 0 Å². The fourth-order valence-corrected chi connectivity index (χ4v) is 3.09. The normalized spacial score (nSPS) is 14.9. The van der Waals surface area contributed by atoms with E-state index in [0.29, 0.717) is 24.7 Å². The average molecular weight is 364 g/mol. The highest BCUT2D eigenvalue weighted by molar-refractivity contribution is 6.16. The van der Waals surface area contributed by atoms with E-state index >= 15 is 0 Å². The summed E-state index contributed by atoms with van der Waals surface area (Å²) in [6.07, 6.45) is 1.16. The maximum atomic E-state index is 12.7. The van der Waals surface area contributed by atoms with Gasteiger partial charge in [-0.15, -0.1) is 0 Å². The molecule has 2 N–H and O–H groups in total. The van der Waals surface area contributed by atoms with Gasteiger partial charge in [0.25, 0.3) is 0 Å². The first-order valence-electron chi connectivity index (χ1n) is 9.64. The summed E-state index contributed by atoms with van der Waals surface area (Å²) < 4.78 is 0. The second-order valence-electron chi connectivity index (χ2n) is 8.04. The molecule has 2 aromatic rings. The molecule has 0 bridgehead atoms. The first-order valence-corrected chi connectivity index (χ1v) is 9.64. The van der Waals surface area contributed by atoms with Gasteiger partial charge in [0.1, 0.15) is 5.41 Å². The quantitative estimate of drug-likeness (QED) is 0.684. The van der Waals surface area contributed by atoms with Crippen molar-refractivity contribution in [3.05, 3.63) is 59.7 Å². The third-order valence-electron chi connectivity index (χ3n) is 5.29. The van der Waals surface area contributed by atoms with Gasteiger partial charge < -0.3 is 10.6 Å². The summed E-state index contributed by atoms with van der Waals surface area (Å²) in [5, 5.41) is 5.80.